The third-order valence-corrected chi connectivity index (χ3v) is 6.26. The van der Waals surface area contributed by atoms with E-state index >= 15 is 0 Å². The van der Waals surface area contributed by atoms with Crippen molar-refractivity contribution in [3.05, 3.63) is 59.7 Å². The first-order valence-corrected chi connectivity index (χ1v) is 10.9. The van der Waals surface area contributed by atoms with Crippen molar-refractivity contribution >= 4 is 17.5 Å². The van der Waals surface area contributed by atoms with Crippen LogP contribution in [0.2, 0.25) is 0 Å². The lowest BCUT2D eigenvalue weighted by atomic mass is 9.89. The number of imide groups is 1. The van der Waals surface area contributed by atoms with Gasteiger partial charge in [-0.15, -0.1) is 0 Å². The van der Waals surface area contributed by atoms with E-state index in [9.17, 15) is 9.59 Å². The Morgan fingerprint density at radius 2 is 1.63 bits per heavy atom. The van der Waals surface area contributed by atoms with E-state index in [2.05, 4.69) is 17.0 Å². The van der Waals surface area contributed by atoms with E-state index < -0.39 is 0 Å². The first-order valence-electron chi connectivity index (χ1n) is 10.9. The fourth-order valence-electron chi connectivity index (χ4n) is 4.56. The van der Waals surface area contributed by atoms with Gasteiger partial charge in [-0.25, -0.2) is 4.90 Å². The first-order chi connectivity index (χ1) is 14.5. The standard InChI is InChI=1S/C25H30N2O3/c1-3-30-22-10-6-19(7-11-22)16-20-12-14-26(15-13-20)23-17-24(28)27(25(23)29)21-8-4-18(2)5-9-21/h4-11,20,23H,3,12-17H2,1-2H3/t23-/m1/s1. The summed E-state index contributed by atoms with van der Waals surface area (Å²) < 4.78 is 5.52. The molecule has 2 amide bonds. The zero-order chi connectivity index (χ0) is 21.1. The van der Waals surface area contributed by atoms with Gasteiger partial charge >= 0.3 is 0 Å². The normalized spacial score (nSPS) is 20.7. The third kappa shape index (κ3) is 4.41. The molecule has 2 aromatic carbocycles. The maximum atomic E-state index is 13.0. The quantitative estimate of drug-likeness (QED) is 0.681. The predicted molar refractivity (Wildman–Crippen MR) is 118 cm³/mol. The third-order valence-electron chi connectivity index (χ3n) is 6.26. The Balaban J connectivity index is 1.33. The minimum Gasteiger partial charge on any atom is -0.494 e. The molecule has 1 atom stereocenters. The van der Waals surface area contributed by atoms with Gasteiger partial charge in [-0.2, -0.15) is 0 Å². The highest BCUT2D eigenvalue weighted by molar-refractivity contribution is 6.22. The Bertz CT molecular complexity index is 884. The number of benzene rings is 2. The summed E-state index contributed by atoms with van der Waals surface area (Å²) >= 11 is 0. The molecule has 0 aliphatic carbocycles. The fraction of sp³-hybridized carbons (Fsp3) is 0.440. The summed E-state index contributed by atoms with van der Waals surface area (Å²) in [5.74, 6) is 1.36. The topological polar surface area (TPSA) is 49.9 Å². The summed E-state index contributed by atoms with van der Waals surface area (Å²) in [5, 5.41) is 0. The number of hydrogen-bond donors (Lipinski definition) is 0. The number of piperidine rings is 1. The zero-order valence-electron chi connectivity index (χ0n) is 17.8. The second kappa shape index (κ2) is 9.00. The smallest absolute Gasteiger partial charge is 0.251 e. The summed E-state index contributed by atoms with van der Waals surface area (Å²) in [6.45, 7) is 6.41. The van der Waals surface area contributed by atoms with E-state index in [4.69, 9.17) is 4.74 Å². The highest BCUT2D eigenvalue weighted by atomic mass is 16.5. The molecule has 4 rings (SSSR count). The van der Waals surface area contributed by atoms with E-state index in [1.807, 2.05) is 50.2 Å². The van der Waals surface area contributed by atoms with Crippen LogP contribution in [-0.4, -0.2) is 42.5 Å². The van der Waals surface area contributed by atoms with E-state index in [1.54, 1.807) is 0 Å². The molecule has 2 aliphatic heterocycles. The second-order valence-electron chi connectivity index (χ2n) is 8.38. The monoisotopic (exact) mass is 406 g/mol. The van der Waals surface area contributed by atoms with Crippen LogP contribution in [0.15, 0.2) is 48.5 Å². The molecule has 5 nitrogen and oxygen atoms in total. The predicted octanol–water partition coefficient (Wildman–Crippen LogP) is 3.98. The van der Waals surface area contributed by atoms with E-state index in [0.29, 0.717) is 18.2 Å². The number of ether oxygens (including phenoxy) is 1. The van der Waals surface area contributed by atoms with Crippen LogP contribution in [0.3, 0.4) is 0 Å². The molecule has 2 fully saturated rings. The minimum absolute atomic E-state index is 0.0752. The van der Waals surface area contributed by atoms with E-state index in [-0.39, 0.29) is 24.3 Å². The molecular formula is C25H30N2O3. The number of carbonyl (C=O) groups excluding carboxylic acids is 2. The van der Waals surface area contributed by atoms with Gasteiger partial charge in [0.15, 0.2) is 0 Å². The van der Waals surface area contributed by atoms with E-state index in [0.717, 1.165) is 43.7 Å². The molecule has 30 heavy (non-hydrogen) atoms. The summed E-state index contributed by atoms with van der Waals surface area (Å²) in [7, 11) is 0. The molecule has 2 saturated heterocycles. The molecule has 0 radical (unpaired) electrons. The molecule has 0 N–H and O–H groups in total. The van der Waals surface area contributed by atoms with Gasteiger partial charge in [-0.3, -0.25) is 14.5 Å². The van der Waals surface area contributed by atoms with Crippen LogP contribution in [0.5, 0.6) is 5.75 Å². The van der Waals surface area contributed by atoms with Crippen molar-refractivity contribution in [2.24, 2.45) is 5.92 Å². The molecule has 158 valence electrons. The number of rotatable bonds is 6. The van der Waals surface area contributed by atoms with Gasteiger partial charge in [0, 0.05) is 0 Å². The van der Waals surface area contributed by atoms with Crippen LogP contribution in [0, 0.1) is 12.8 Å². The van der Waals surface area contributed by atoms with Gasteiger partial charge in [0.05, 0.1) is 24.8 Å². The lowest BCUT2D eigenvalue weighted by Crippen LogP contribution is -2.46. The van der Waals surface area contributed by atoms with Gasteiger partial charge in [0.2, 0.25) is 5.91 Å². The molecule has 2 aliphatic rings. The molecule has 0 aromatic heterocycles. The van der Waals surface area contributed by atoms with Crippen LogP contribution in [0.1, 0.15) is 37.3 Å². The van der Waals surface area contributed by atoms with Gasteiger partial charge in [0.25, 0.3) is 5.91 Å². The highest BCUT2D eigenvalue weighted by Crippen LogP contribution is 2.30. The van der Waals surface area contributed by atoms with Crippen molar-refractivity contribution in [2.45, 2.75) is 45.6 Å². The van der Waals surface area contributed by atoms with Crippen molar-refractivity contribution in [3.63, 3.8) is 0 Å². The SMILES string of the molecule is CCOc1ccc(CC2CCN([C@@H]3CC(=O)N(c4ccc(C)cc4)C3=O)CC2)cc1. The lowest BCUT2D eigenvalue weighted by Gasteiger charge is -2.34. The second-order valence-corrected chi connectivity index (χ2v) is 8.38. The lowest BCUT2D eigenvalue weighted by molar-refractivity contribution is -0.123. The molecule has 5 heteroatoms. The molecule has 2 heterocycles. The Hall–Kier alpha value is -2.66. The molecule has 0 spiro atoms. The summed E-state index contributed by atoms with van der Waals surface area (Å²) in [6.07, 6.45) is 3.44. The van der Waals surface area contributed by atoms with Crippen molar-refractivity contribution in [1.82, 2.24) is 4.90 Å². The largest absolute Gasteiger partial charge is 0.494 e. The van der Waals surface area contributed by atoms with Crippen molar-refractivity contribution in [1.29, 1.82) is 0 Å². The van der Waals surface area contributed by atoms with E-state index in [1.165, 1.54) is 10.5 Å². The Morgan fingerprint density at radius 3 is 2.27 bits per heavy atom. The number of hydrogen-bond acceptors (Lipinski definition) is 4. The number of nitrogens with zero attached hydrogens (tertiary/aromatic N) is 2. The maximum absolute atomic E-state index is 13.0. The van der Waals surface area contributed by atoms with Crippen molar-refractivity contribution in [2.75, 3.05) is 24.6 Å². The van der Waals surface area contributed by atoms with Gasteiger partial charge in [-0.1, -0.05) is 29.8 Å². The van der Waals surface area contributed by atoms with Crippen LogP contribution in [0.4, 0.5) is 5.69 Å². The Morgan fingerprint density at radius 1 is 0.967 bits per heavy atom. The number of amides is 2. The number of carbonyl (C=O) groups is 2. The van der Waals surface area contributed by atoms with Gasteiger partial charge in [-0.05, 0) is 81.9 Å². The number of anilines is 1. The van der Waals surface area contributed by atoms with Gasteiger partial charge in [0.1, 0.15) is 5.75 Å². The minimum atomic E-state index is -0.315. The average Bonchev–Trinajstić information content (AvgIpc) is 3.05. The molecule has 2 aromatic rings. The van der Waals surface area contributed by atoms with Gasteiger partial charge < -0.3 is 4.74 Å². The van der Waals surface area contributed by atoms with Crippen molar-refractivity contribution < 1.29 is 14.3 Å². The van der Waals surface area contributed by atoms with Crippen molar-refractivity contribution in [3.8, 4) is 5.75 Å². The molecular weight excluding hydrogens is 376 g/mol. The molecule has 0 bridgehead atoms. The molecule has 0 saturated carbocycles. The zero-order valence-corrected chi connectivity index (χ0v) is 17.8. The Labute approximate surface area is 178 Å². The summed E-state index contributed by atoms with van der Waals surface area (Å²) in [4.78, 5) is 29.2. The molecule has 0 unspecified atom stereocenters. The maximum Gasteiger partial charge on any atom is 0.251 e. The first kappa shape index (κ1) is 20.6. The summed E-state index contributed by atoms with van der Waals surface area (Å²) in [6, 6.07) is 15.7. The number of likely N-dealkylation sites (tertiary alicyclic amines) is 1. The average molecular weight is 407 g/mol. The van der Waals surface area contributed by atoms with Crippen LogP contribution < -0.4 is 9.64 Å². The summed E-state index contributed by atoms with van der Waals surface area (Å²) in [5.41, 5.74) is 3.13. The van der Waals surface area contributed by atoms with Crippen LogP contribution >= 0.6 is 0 Å². The fourth-order valence-corrected chi connectivity index (χ4v) is 4.56. The number of aryl methyl sites for hydroxylation is 1. The highest BCUT2D eigenvalue weighted by Gasteiger charge is 2.43. The Kier molecular flexibility index (Phi) is 6.18. The van der Waals surface area contributed by atoms with Crippen LogP contribution in [0.25, 0.3) is 0 Å². The van der Waals surface area contributed by atoms with Crippen LogP contribution in [-0.2, 0) is 16.0 Å².